The third-order valence-corrected chi connectivity index (χ3v) is 3.56. The Kier molecular flexibility index (Phi) is 6.01. The van der Waals surface area contributed by atoms with Crippen LogP contribution in [0.4, 0.5) is 0 Å². The van der Waals surface area contributed by atoms with E-state index in [0.717, 1.165) is 0 Å². The van der Waals surface area contributed by atoms with Gasteiger partial charge in [-0.05, 0) is 30.2 Å². The molecule has 100 valence electrons. The predicted molar refractivity (Wildman–Crippen MR) is 70.3 cm³/mol. The van der Waals surface area contributed by atoms with Gasteiger partial charge >= 0.3 is 5.97 Å². The molecule has 5 heteroatoms. The summed E-state index contributed by atoms with van der Waals surface area (Å²) >= 11 is 0. The van der Waals surface area contributed by atoms with Crippen LogP contribution in [0.1, 0.15) is 24.2 Å². The fraction of sp³-hybridized carbons (Fsp3) is 0.462. The van der Waals surface area contributed by atoms with E-state index >= 15 is 0 Å². The molecule has 0 aliphatic heterocycles. The predicted octanol–water partition coefficient (Wildman–Crippen LogP) is 2.17. The van der Waals surface area contributed by atoms with Gasteiger partial charge < -0.3 is 9.84 Å². The number of carboxylic acids is 1. The summed E-state index contributed by atoms with van der Waals surface area (Å²) in [4.78, 5) is 11.3. The van der Waals surface area contributed by atoms with Crippen LogP contribution < -0.4 is 0 Å². The number of hydrogen-bond acceptors (Lipinski definition) is 3. The summed E-state index contributed by atoms with van der Waals surface area (Å²) < 4.78 is 17.2. The largest absolute Gasteiger partial charge is 0.478 e. The Morgan fingerprint density at radius 1 is 1.33 bits per heavy atom. The first-order valence-corrected chi connectivity index (χ1v) is 7.12. The molecule has 0 aliphatic rings. The maximum absolute atomic E-state index is 11.9. The topological polar surface area (TPSA) is 63.6 Å². The molecule has 1 atom stereocenters. The third-order valence-electron chi connectivity index (χ3n) is 2.23. The highest BCUT2D eigenvalue weighted by Gasteiger charge is 2.06. The first-order valence-electron chi connectivity index (χ1n) is 5.80. The lowest BCUT2D eigenvalue weighted by Crippen LogP contribution is -2.10. The molecule has 18 heavy (non-hydrogen) atoms. The molecule has 1 aromatic carbocycles. The molecular weight excluding hydrogens is 252 g/mol. The summed E-state index contributed by atoms with van der Waals surface area (Å²) in [7, 11) is -1.14. The summed E-state index contributed by atoms with van der Waals surface area (Å²) in [6.45, 7) is 5.23. The van der Waals surface area contributed by atoms with Crippen LogP contribution in [0, 0.1) is 5.92 Å². The molecule has 0 aromatic heterocycles. The van der Waals surface area contributed by atoms with Crippen LogP contribution in [0.2, 0.25) is 0 Å². The van der Waals surface area contributed by atoms with Gasteiger partial charge in [0, 0.05) is 11.5 Å². The fourth-order valence-electron chi connectivity index (χ4n) is 1.32. The van der Waals surface area contributed by atoms with E-state index in [1.807, 2.05) is 0 Å². The zero-order valence-corrected chi connectivity index (χ0v) is 11.4. The second-order valence-electron chi connectivity index (χ2n) is 4.35. The van der Waals surface area contributed by atoms with Crippen molar-refractivity contribution in [3.05, 3.63) is 29.8 Å². The van der Waals surface area contributed by atoms with Crippen molar-refractivity contribution in [1.29, 1.82) is 0 Å². The molecule has 1 rings (SSSR count). The number of rotatable bonds is 7. The van der Waals surface area contributed by atoms with Crippen LogP contribution in [0.5, 0.6) is 0 Å². The molecule has 0 saturated heterocycles. The van der Waals surface area contributed by atoms with Gasteiger partial charge in [-0.2, -0.15) is 0 Å². The third kappa shape index (κ3) is 4.98. The number of benzene rings is 1. The smallest absolute Gasteiger partial charge is 0.335 e. The van der Waals surface area contributed by atoms with E-state index in [-0.39, 0.29) is 5.56 Å². The van der Waals surface area contributed by atoms with Gasteiger partial charge in [0.05, 0.1) is 28.7 Å². The lowest BCUT2D eigenvalue weighted by atomic mass is 10.2. The summed E-state index contributed by atoms with van der Waals surface area (Å²) in [5, 5.41) is 8.74. The Bertz CT molecular complexity index is 412. The van der Waals surface area contributed by atoms with Gasteiger partial charge in [-0.25, -0.2) is 4.79 Å². The average Bonchev–Trinajstić information content (AvgIpc) is 2.34. The number of hydrogen-bond donors (Lipinski definition) is 1. The van der Waals surface area contributed by atoms with E-state index in [0.29, 0.717) is 29.8 Å². The van der Waals surface area contributed by atoms with Gasteiger partial charge in [-0.15, -0.1) is 0 Å². The van der Waals surface area contributed by atoms with Crippen LogP contribution in [0.3, 0.4) is 0 Å². The quantitative estimate of drug-likeness (QED) is 0.771. The van der Waals surface area contributed by atoms with E-state index in [1.54, 1.807) is 12.1 Å². The fourth-order valence-corrected chi connectivity index (χ4v) is 2.27. The SMILES string of the molecule is CC(C)COCCS(=O)c1ccc(C(=O)O)cc1. The van der Waals surface area contributed by atoms with Crippen molar-refractivity contribution in [3.63, 3.8) is 0 Å². The Morgan fingerprint density at radius 2 is 1.94 bits per heavy atom. The summed E-state index contributed by atoms with van der Waals surface area (Å²) in [6.07, 6.45) is 0. The van der Waals surface area contributed by atoms with Crippen LogP contribution >= 0.6 is 0 Å². The van der Waals surface area contributed by atoms with Gasteiger partial charge in [-0.3, -0.25) is 4.21 Å². The zero-order chi connectivity index (χ0) is 13.5. The highest BCUT2D eigenvalue weighted by Crippen LogP contribution is 2.09. The van der Waals surface area contributed by atoms with Gasteiger partial charge in [0.25, 0.3) is 0 Å². The minimum absolute atomic E-state index is 0.201. The monoisotopic (exact) mass is 270 g/mol. The standard InChI is InChI=1S/C13H18O4S/c1-10(2)9-17-7-8-18(16)12-5-3-11(4-6-12)13(14)15/h3-6,10H,7-9H2,1-2H3,(H,14,15). The van der Waals surface area contributed by atoms with Gasteiger partial charge in [0.2, 0.25) is 0 Å². The molecule has 0 aliphatic carbocycles. The van der Waals surface area contributed by atoms with Crippen molar-refractivity contribution in [1.82, 2.24) is 0 Å². The van der Waals surface area contributed by atoms with E-state index in [2.05, 4.69) is 13.8 Å². The molecule has 1 N–H and O–H groups in total. The Labute approximate surface area is 109 Å². The van der Waals surface area contributed by atoms with Gasteiger partial charge in [-0.1, -0.05) is 13.8 Å². The molecule has 0 radical (unpaired) electrons. The first-order chi connectivity index (χ1) is 8.50. The Morgan fingerprint density at radius 3 is 2.44 bits per heavy atom. The average molecular weight is 270 g/mol. The van der Waals surface area contributed by atoms with E-state index in [4.69, 9.17) is 9.84 Å². The first kappa shape index (κ1) is 14.9. The number of carbonyl (C=O) groups is 1. The number of aromatic carboxylic acids is 1. The van der Waals surface area contributed by atoms with E-state index in [9.17, 15) is 9.00 Å². The summed E-state index contributed by atoms with van der Waals surface area (Å²) in [5.74, 6) is -0.0834. The van der Waals surface area contributed by atoms with E-state index in [1.165, 1.54) is 12.1 Å². The highest BCUT2D eigenvalue weighted by molar-refractivity contribution is 7.85. The number of carboxylic acid groups (broad SMARTS) is 1. The number of ether oxygens (including phenoxy) is 1. The van der Waals surface area contributed by atoms with Gasteiger partial charge in [0.15, 0.2) is 0 Å². The van der Waals surface area contributed by atoms with Crippen molar-refractivity contribution >= 4 is 16.8 Å². The second kappa shape index (κ2) is 7.28. The molecule has 0 heterocycles. The molecular formula is C13H18O4S. The van der Waals surface area contributed by atoms with Crippen LogP contribution in [0.15, 0.2) is 29.2 Å². The van der Waals surface area contributed by atoms with Gasteiger partial charge in [0.1, 0.15) is 0 Å². The molecule has 0 amide bonds. The molecule has 4 nitrogen and oxygen atoms in total. The minimum Gasteiger partial charge on any atom is -0.478 e. The van der Waals surface area contributed by atoms with Crippen molar-refractivity contribution < 1.29 is 18.8 Å². The normalized spacial score (nSPS) is 12.6. The molecule has 0 spiro atoms. The van der Waals surface area contributed by atoms with E-state index < -0.39 is 16.8 Å². The summed E-state index contributed by atoms with van der Waals surface area (Å²) in [5.41, 5.74) is 0.201. The van der Waals surface area contributed by atoms with Crippen LogP contribution in [-0.2, 0) is 15.5 Å². The molecule has 0 saturated carbocycles. The van der Waals surface area contributed by atoms with Crippen LogP contribution in [-0.4, -0.2) is 34.3 Å². The molecule has 0 fully saturated rings. The molecule has 1 aromatic rings. The zero-order valence-electron chi connectivity index (χ0n) is 10.6. The van der Waals surface area contributed by atoms with Crippen molar-refractivity contribution in [2.75, 3.05) is 19.0 Å². The highest BCUT2D eigenvalue weighted by atomic mass is 32.2. The van der Waals surface area contributed by atoms with Crippen LogP contribution in [0.25, 0.3) is 0 Å². The van der Waals surface area contributed by atoms with Crippen molar-refractivity contribution in [2.45, 2.75) is 18.7 Å². The lowest BCUT2D eigenvalue weighted by molar-refractivity contribution is 0.0697. The Hall–Kier alpha value is -1.20. The molecule has 0 bridgehead atoms. The maximum atomic E-state index is 11.9. The Balaban J connectivity index is 2.44. The van der Waals surface area contributed by atoms with Crippen molar-refractivity contribution in [2.24, 2.45) is 5.92 Å². The summed E-state index contributed by atoms with van der Waals surface area (Å²) in [6, 6.07) is 6.10. The van der Waals surface area contributed by atoms with Crippen molar-refractivity contribution in [3.8, 4) is 0 Å². The lowest BCUT2D eigenvalue weighted by Gasteiger charge is -2.06. The second-order valence-corrected chi connectivity index (χ2v) is 5.92. The molecule has 1 unspecified atom stereocenters. The maximum Gasteiger partial charge on any atom is 0.335 e. The minimum atomic E-state index is -1.14.